The van der Waals surface area contributed by atoms with Gasteiger partial charge in [-0.1, -0.05) is 30.3 Å². The first-order chi connectivity index (χ1) is 12.6. The minimum Gasteiger partial charge on any atom is -0.480 e. The molecule has 1 aromatic rings. The second kappa shape index (κ2) is 8.03. The highest BCUT2D eigenvalue weighted by molar-refractivity contribution is 6.13. The summed E-state index contributed by atoms with van der Waals surface area (Å²) in [6.07, 6.45) is 0.763. The fourth-order valence-corrected chi connectivity index (χ4v) is 2.40. The Bertz CT molecular complexity index is 793. The van der Waals surface area contributed by atoms with Gasteiger partial charge in [0.05, 0.1) is 6.54 Å². The molecule has 0 saturated carbocycles. The number of carboxylic acids is 1. The standard InChI is InChI=1S/C19H23N3O5/c1-12-20-14(10-13-8-6-5-7-9-13)16(23)22(12)11-15(17(24)25)21-18(26)27-19(2,3)4/h5-10,15H,11H2,1-4H3,(H,21,26)(H,24,25)/b14-10-/t15-/m0/s1. The van der Waals surface area contributed by atoms with Crippen LogP contribution in [-0.4, -0.2) is 52.0 Å². The summed E-state index contributed by atoms with van der Waals surface area (Å²) in [5.74, 6) is -1.34. The minimum atomic E-state index is -1.33. The number of hydrogen-bond donors (Lipinski definition) is 2. The summed E-state index contributed by atoms with van der Waals surface area (Å²) in [6, 6.07) is 7.87. The molecule has 0 radical (unpaired) electrons. The van der Waals surface area contributed by atoms with E-state index in [2.05, 4.69) is 10.3 Å². The van der Waals surface area contributed by atoms with Crippen molar-refractivity contribution < 1.29 is 24.2 Å². The van der Waals surface area contributed by atoms with Crippen LogP contribution in [0.5, 0.6) is 0 Å². The lowest BCUT2D eigenvalue weighted by molar-refractivity contribution is -0.140. The second-order valence-corrected chi connectivity index (χ2v) is 7.05. The fourth-order valence-electron chi connectivity index (χ4n) is 2.40. The third-order valence-electron chi connectivity index (χ3n) is 3.59. The maximum Gasteiger partial charge on any atom is 0.408 e. The van der Waals surface area contributed by atoms with Crippen LogP contribution in [0.3, 0.4) is 0 Å². The van der Waals surface area contributed by atoms with Gasteiger partial charge in [-0.25, -0.2) is 14.6 Å². The van der Waals surface area contributed by atoms with Crippen molar-refractivity contribution in [3.8, 4) is 0 Å². The highest BCUT2D eigenvalue weighted by Crippen LogP contribution is 2.18. The molecule has 1 heterocycles. The third kappa shape index (κ3) is 5.67. The number of nitrogens with zero attached hydrogens (tertiary/aromatic N) is 2. The van der Waals surface area contributed by atoms with Gasteiger partial charge < -0.3 is 15.2 Å². The van der Waals surface area contributed by atoms with Crippen LogP contribution in [-0.2, 0) is 14.3 Å². The van der Waals surface area contributed by atoms with Gasteiger partial charge in [0.1, 0.15) is 23.2 Å². The van der Waals surface area contributed by atoms with Crippen LogP contribution in [0, 0.1) is 0 Å². The molecule has 1 aliphatic heterocycles. The van der Waals surface area contributed by atoms with Gasteiger partial charge in [-0.2, -0.15) is 0 Å². The van der Waals surface area contributed by atoms with Crippen molar-refractivity contribution in [3.05, 3.63) is 41.6 Å². The molecule has 2 amide bonds. The number of aliphatic carboxylic acids is 1. The zero-order valence-corrected chi connectivity index (χ0v) is 15.7. The molecule has 8 nitrogen and oxygen atoms in total. The summed E-state index contributed by atoms with van der Waals surface area (Å²) < 4.78 is 5.08. The van der Waals surface area contributed by atoms with E-state index in [1.807, 2.05) is 30.3 Å². The molecule has 1 aromatic carbocycles. The largest absolute Gasteiger partial charge is 0.480 e. The number of aliphatic imine (C=N–C) groups is 1. The predicted molar refractivity (Wildman–Crippen MR) is 100 cm³/mol. The van der Waals surface area contributed by atoms with Gasteiger partial charge in [0, 0.05) is 0 Å². The van der Waals surface area contributed by atoms with E-state index >= 15 is 0 Å². The first-order valence-corrected chi connectivity index (χ1v) is 8.43. The molecule has 0 fully saturated rings. The Labute approximate surface area is 157 Å². The average molecular weight is 373 g/mol. The van der Waals surface area contributed by atoms with Crippen LogP contribution in [0.4, 0.5) is 4.79 Å². The molecular formula is C19H23N3O5. The van der Waals surface area contributed by atoms with Crippen molar-refractivity contribution in [2.24, 2.45) is 4.99 Å². The molecular weight excluding hydrogens is 350 g/mol. The van der Waals surface area contributed by atoms with Gasteiger partial charge in [0.2, 0.25) is 0 Å². The molecule has 0 aliphatic carbocycles. The number of nitrogens with one attached hydrogen (secondary N) is 1. The molecule has 0 saturated heterocycles. The topological polar surface area (TPSA) is 108 Å². The molecule has 0 spiro atoms. The van der Waals surface area contributed by atoms with E-state index in [0.29, 0.717) is 5.84 Å². The molecule has 0 aromatic heterocycles. The van der Waals surface area contributed by atoms with Gasteiger partial charge in [-0.3, -0.25) is 9.69 Å². The lowest BCUT2D eigenvalue weighted by atomic mass is 10.2. The molecule has 0 unspecified atom stereocenters. The highest BCUT2D eigenvalue weighted by Gasteiger charge is 2.33. The summed E-state index contributed by atoms with van der Waals surface area (Å²) in [6.45, 7) is 6.36. The molecule has 2 rings (SSSR count). The SMILES string of the molecule is CC1=N/C(=C\c2ccccc2)C(=O)N1C[C@H](NC(=O)OC(C)(C)C)C(=O)O. The lowest BCUT2D eigenvalue weighted by Gasteiger charge is -2.24. The van der Waals surface area contributed by atoms with E-state index in [9.17, 15) is 19.5 Å². The lowest BCUT2D eigenvalue weighted by Crippen LogP contribution is -2.51. The van der Waals surface area contributed by atoms with E-state index in [-0.39, 0.29) is 12.2 Å². The summed E-state index contributed by atoms with van der Waals surface area (Å²) in [5, 5.41) is 11.7. The minimum absolute atomic E-state index is 0.208. The summed E-state index contributed by atoms with van der Waals surface area (Å²) >= 11 is 0. The van der Waals surface area contributed by atoms with Gasteiger partial charge in [0.25, 0.3) is 5.91 Å². The van der Waals surface area contributed by atoms with Crippen LogP contribution >= 0.6 is 0 Å². The molecule has 8 heteroatoms. The van der Waals surface area contributed by atoms with Gasteiger partial charge >= 0.3 is 12.1 Å². The van der Waals surface area contributed by atoms with Crippen molar-refractivity contribution in [2.45, 2.75) is 39.3 Å². The van der Waals surface area contributed by atoms with Crippen molar-refractivity contribution in [1.82, 2.24) is 10.2 Å². The third-order valence-corrected chi connectivity index (χ3v) is 3.59. The van der Waals surface area contributed by atoms with Crippen molar-refractivity contribution in [1.29, 1.82) is 0 Å². The Hall–Kier alpha value is -3.16. The number of benzene rings is 1. The fraction of sp³-hybridized carbons (Fsp3) is 0.368. The number of hydrogen-bond acceptors (Lipinski definition) is 5. The van der Waals surface area contributed by atoms with Crippen LogP contribution in [0.15, 0.2) is 41.0 Å². The van der Waals surface area contributed by atoms with E-state index in [1.165, 1.54) is 4.90 Å². The highest BCUT2D eigenvalue weighted by atomic mass is 16.6. The van der Waals surface area contributed by atoms with Gasteiger partial charge in [0.15, 0.2) is 0 Å². The normalized spacial score (nSPS) is 16.9. The van der Waals surface area contributed by atoms with E-state index in [1.54, 1.807) is 33.8 Å². The number of amidine groups is 1. The molecule has 1 atom stereocenters. The summed E-state index contributed by atoms with van der Waals surface area (Å²) in [7, 11) is 0. The average Bonchev–Trinajstić information content (AvgIpc) is 2.80. The number of carbonyl (C=O) groups is 3. The number of carboxylic acid groups (broad SMARTS) is 1. The Kier molecular flexibility index (Phi) is 5.99. The smallest absolute Gasteiger partial charge is 0.408 e. The number of amides is 2. The van der Waals surface area contributed by atoms with E-state index < -0.39 is 29.6 Å². The number of carbonyl (C=O) groups excluding carboxylic acids is 2. The molecule has 27 heavy (non-hydrogen) atoms. The van der Waals surface area contributed by atoms with Crippen LogP contribution in [0.25, 0.3) is 6.08 Å². The Morgan fingerprint density at radius 1 is 1.30 bits per heavy atom. The zero-order chi connectivity index (χ0) is 20.2. The molecule has 2 N–H and O–H groups in total. The van der Waals surface area contributed by atoms with Gasteiger partial charge in [-0.15, -0.1) is 0 Å². The molecule has 1 aliphatic rings. The number of alkyl carbamates (subject to hydrolysis) is 1. The van der Waals surface area contributed by atoms with Crippen LogP contribution in [0.2, 0.25) is 0 Å². The Morgan fingerprint density at radius 3 is 2.48 bits per heavy atom. The maximum atomic E-state index is 12.6. The number of ether oxygens (including phenoxy) is 1. The first-order valence-electron chi connectivity index (χ1n) is 8.43. The van der Waals surface area contributed by atoms with Crippen molar-refractivity contribution >= 4 is 29.9 Å². The first kappa shape index (κ1) is 20.2. The van der Waals surface area contributed by atoms with Crippen molar-refractivity contribution in [2.75, 3.05) is 6.54 Å². The summed E-state index contributed by atoms with van der Waals surface area (Å²) in [5.41, 5.74) is 0.251. The van der Waals surface area contributed by atoms with E-state index in [4.69, 9.17) is 4.74 Å². The maximum absolute atomic E-state index is 12.6. The van der Waals surface area contributed by atoms with Crippen molar-refractivity contribution in [3.63, 3.8) is 0 Å². The number of rotatable bonds is 5. The van der Waals surface area contributed by atoms with E-state index in [0.717, 1.165) is 5.56 Å². The monoisotopic (exact) mass is 373 g/mol. The Balaban J connectivity index is 2.11. The second-order valence-electron chi connectivity index (χ2n) is 7.05. The van der Waals surface area contributed by atoms with Gasteiger partial charge in [-0.05, 0) is 39.3 Å². The zero-order valence-electron chi connectivity index (χ0n) is 15.7. The van der Waals surface area contributed by atoms with Crippen LogP contribution < -0.4 is 5.32 Å². The van der Waals surface area contributed by atoms with Crippen LogP contribution in [0.1, 0.15) is 33.3 Å². The predicted octanol–water partition coefficient (Wildman–Crippen LogP) is 2.27. The Morgan fingerprint density at radius 2 is 1.93 bits per heavy atom. The summed E-state index contributed by atoms with van der Waals surface area (Å²) in [4.78, 5) is 41.4. The molecule has 0 bridgehead atoms. The molecule has 144 valence electrons. The quantitative estimate of drug-likeness (QED) is 0.770.